The molecule has 0 bridgehead atoms. The summed E-state index contributed by atoms with van der Waals surface area (Å²) < 4.78 is 5.23. The number of hydrogen-bond acceptors (Lipinski definition) is 4. The summed E-state index contributed by atoms with van der Waals surface area (Å²) in [6.45, 7) is 4.42. The van der Waals surface area contributed by atoms with Gasteiger partial charge < -0.3 is 15.0 Å². The van der Waals surface area contributed by atoms with Gasteiger partial charge in [0.2, 0.25) is 11.8 Å². The number of ether oxygens (including phenoxy) is 1. The number of thioether (sulfide) groups is 1. The summed E-state index contributed by atoms with van der Waals surface area (Å²) in [6.07, 6.45) is 1.29. The van der Waals surface area contributed by atoms with Gasteiger partial charge in [0, 0.05) is 24.8 Å². The molecule has 2 atom stereocenters. The minimum atomic E-state index is -0.601. The van der Waals surface area contributed by atoms with Crippen molar-refractivity contribution in [2.45, 2.75) is 51.1 Å². The Morgan fingerprint density at radius 2 is 1.50 bits per heavy atom. The highest BCUT2D eigenvalue weighted by atomic mass is 32.2. The monoisotopic (exact) mass is 504 g/mol. The summed E-state index contributed by atoms with van der Waals surface area (Å²) >= 11 is 1.56. The molecule has 0 aliphatic rings. The van der Waals surface area contributed by atoms with E-state index in [2.05, 4.69) is 5.32 Å². The van der Waals surface area contributed by atoms with Crippen LogP contribution in [0.5, 0.6) is 5.75 Å². The lowest BCUT2D eigenvalue weighted by Crippen LogP contribution is -2.52. The summed E-state index contributed by atoms with van der Waals surface area (Å²) in [5, 5.41) is 3.11. The van der Waals surface area contributed by atoms with Gasteiger partial charge in [0.05, 0.1) is 12.9 Å². The first-order valence-corrected chi connectivity index (χ1v) is 13.5. The van der Waals surface area contributed by atoms with Crippen molar-refractivity contribution in [2.75, 3.05) is 12.9 Å². The summed E-state index contributed by atoms with van der Waals surface area (Å²) in [7, 11) is 1.65. The quantitative estimate of drug-likeness (QED) is 0.335. The van der Waals surface area contributed by atoms with Gasteiger partial charge in [0.1, 0.15) is 11.8 Å². The third-order valence-electron chi connectivity index (χ3n) is 6.12. The second-order valence-corrected chi connectivity index (χ2v) is 9.86. The van der Waals surface area contributed by atoms with Crippen LogP contribution in [0.3, 0.4) is 0 Å². The standard InChI is InChI=1S/C30H36N2O3S/c1-4-23(2)31-30(34)28(19-24-11-7-5-8-12-24)32(20-25-13-9-6-10-14-25)29(33)22-36-21-26-15-17-27(35-3)18-16-26/h5-18,23,28H,4,19-22H2,1-3H3,(H,31,34)/t23-,28-/m0/s1. The molecule has 0 saturated carbocycles. The number of methoxy groups -OCH3 is 1. The molecule has 0 aliphatic carbocycles. The predicted octanol–water partition coefficient (Wildman–Crippen LogP) is 5.48. The Morgan fingerprint density at radius 3 is 2.08 bits per heavy atom. The van der Waals surface area contributed by atoms with E-state index in [0.29, 0.717) is 24.5 Å². The van der Waals surface area contributed by atoms with Gasteiger partial charge in [-0.2, -0.15) is 0 Å². The van der Waals surface area contributed by atoms with E-state index in [-0.39, 0.29) is 17.9 Å². The molecule has 2 amide bonds. The third kappa shape index (κ3) is 8.45. The van der Waals surface area contributed by atoms with Gasteiger partial charge in [0.25, 0.3) is 0 Å². The Labute approximate surface area is 219 Å². The fourth-order valence-corrected chi connectivity index (χ4v) is 4.71. The summed E-state index contributed by atoms with van der Waals surface area (Å²) in [4.78, 5) is 28.9. The Hall–Kier alpha value is -3.25. The van der Waals surface area contributed by atoms with Gasteiger partial charge in [-0.25, -0.2) is 0 Å². The Balaban J connectivity index is 1.80. The number of amides is 2. The van der Waals surface area contributed by atoms with Gasteiger partial charge in [-0.15, -0.1) is 11.8 Å². The van der Waals surface area contributed by atoms with E-state index in [9.17, 15) is 9.59 Å². The van der Waals surface area contributed by atoms with Crippen LogP contribution in [0.2, 0.25) is 0 Å². The zero-order chi connectivity index (χ0) is 25.8. The van der Waals surface area contributed by atoms with Crippen molar-refractivity contribution in [2.24, 2.45) is 0 Å². The molecule has 0 fully saturated rings. The van der Waals surface area contributed by atoms with Crippen LogP contribution in [0.4, 0.5) is 0 Å². The van der Waals surface area contributed by atoms with Crippen LogP contribution in [-0.4, -0.2) is 41.7 Å². The molecule has 0 heterocycles. The molecule has 0 saturated heterocycles. The maximum atomic E-state index is 13.6. The minimum Gasteiger partial charge on any atom is -0.497 e. The van der Waals surface area contributed by atoms with Crippen molar-refractivity contribution < 1.29 is 14.3 Å². The highest BCUT2D eigenvalue weighted by Gasteiger charge is 2.30. The maximum Gasteiger partial charge on any atom is 0.243 e. The van der Waals surface area contributed by atoms with E-state index in [0.717, 1.165) is 28.9 Å². The van der Waals surface area contributed by atoms with Crippen LogP contribution in [-0.2, 0) is 28.3 Å². The Morgan fingerprint density at radius 1 is 0.889 bits per heavy atom. The zero-order valence-electron chi connectivity index (χ0n) is 21.4. The molecule has 190 valence electrons. The van der Waals surface area contributed by atoms with Gasteiger partial charge in [0.15, 0.2) is 0 Å². The number of rotatable bonds is 13. The number of benzene rings is 3. The van der Waals surface area contributed by atoms with Gasteiger partial charge in [-0.1, -0.05) is 79.7 Å². The largest absolute Gasteiger partial charge is 0.497 e. The summed E-state index contributed by atoms with van der Waals surface area (Å²) in [5.74, 6) is 1.65. The second kappa shape index (κ2) is 14.3. The normalized spacial score (nSPS) is 12.4. The molecular formula is C30H36N2O3S. The lowest BCUT2D eigenvalue weighted by molar-refractivity contribution is -0.139. The van der Waals surface area contributed by atoms with Crippen LogP contribution >= 0.6 is 11.8 Å². The predicted molar refractivity (Wildman–Crippen MR) is 148 cm³/mol. The first-order valence-electron chi connectivity index (χ1n) is 12.4. The molecular weight excluding hydrogens is 468 g/mol. The van der Waals surface area contributed by atoms with Crippen LogP contribution in [0.25, 0.3) is 0 Å². The number of hydrogen-bond donors (Lipinski definition) is 1. The van der Waals surface area contributed by atoms with Crippen molar-refractivity contribution in [1.29, 1.82) is 0 Å². The van der Waals surface area contributed by atoms with Crippen molar-refractivity contribution in [1.82, 2.24) is 10.2 Å². The van der Waals surface area contributed by atoms with Crippen LogP contribution in [0.15, 0.2) is 84.9 Å². The highest BCUT2D eigenvalue weighted by Crippen LogP contribution is 2.20. The molecule has 0 unspecified atom stereocenters. The maximum absolute atomic E-state index is 13.6. The lowest BCUT2D eigenvalue weighted by Gasteiger charge is -2.32. The van der Waals surface area contributed by atoms with E-state index >= 15 is 0 Å². The van der Waals surface area contributed by atoms with E-state index in [1.807, 2.05) is 98.8 Å². The number of nitrogens with zero attached hydrogens (tertiary/aromatic N) is 1. The molecule has 3 rings (SSSR count). The summed E-state index contributed by atoms with van der Waals surface area (Å²) in [5.41, 5.74) is 3.15. The van der Waals surface area contributed by atoms with Gasteiger partial charge in [-0.3, -0.25) is 9.59 Å². The Kier molecular flexibility index (Phi) is 10.9. The average Bonchev–Trinajstić information content (AvgIpc) is 2.92. The molecule has 0 radical (unpaired) electrons. The summed E-state index contributed by atoms with van der Waals surface area (Å²) in [6, 6.07) is 27.1. The van der Waals surface area contributed by atoms with E-state index in [1.54, 1.807) is 23.8 Å². The van der Waals surface area contributed by atoms with Crippen molar-refractivity contribution >= 4 is 23.6 Å². The van der Waals surface area contributed by atoms with Gasteiger partial charge >= 0.3 is 0 Å². The number of nitrogens with one attached hydrogen (secondary N) is 1. The first-order chi connectivity index (χ1) is 17.5. The molecule has 0 aromatic heterocycles. The average molecular weight is 505 g/mol. The van der Waals surface area contributed by atoms with E-state index in [4.69, 9.17) is 4.74 Å². The molecule has 0 spiro atoms. The zero-order valence-corrected chi connectivity index (χ0v) is 22.2. The molecule has 6 heteroatoms. The third-order valence-corrected chi connectivity index (χ3v) is 7.11. The fourth-order valence-electron chi connectivity index (χ4n) is 3.84. The van der Waals surface area contributed by atoms with Crippen LogP contribution in [0, 0.1) is 0 Å². The van der Waals surface area contributed by atoms with Crippen molar-refractivity contribution in [3.8, 4) is 5.75 Å². The molecule has 0 aliphatic heterocycles. The van der Waals surface area contributed by atoms with Gasteiger partial charge in [-0.05, 0) is 42.2 Å². The molecule has 5 nitrogen and oxygen atoms in total. The Bertz CT molecular complexity index is 1070. The highest BCUT2D eigenvalue weighted by molar-refractivity contribution is 7.99. The second-order valence-electron chi connectivity index (χ2n) is 8.87. The smallest absolute Gasteiger partial charge is 0.243 e. The molecule has 3 aromatic carbocycles. The SMILES string of the molecule is CC[C@H](C)NC(=O)[C@H](Cc1ccccc1)N(Cc1ccccc1)C(=O)CSCc1ccc(OC)cc1. The van der Waals surface area contributed by atoms with Crippen LogP contribution < -0.4 is 10.1 Å². The van der Waals surface area contributed by atoms with E-state index < -0.39 is 6.04 Å². The fraction of sp³-hybridized carbons (Fsp3) is 0.333. The molecule has 1 N–H and O–H groups in total. The van der Waals surface area contributed by atoms with Crippen molar-refractivity contribution in [3.05, 3.63) is 102 Å². The topological polar surface area (TPSA) is 58.6 Å². The molecule has 36 heavy (non-hydrogen) atoms. The lowest BCUT2D eigenvalue weighted by atomic mass is 10.0. The number of carbonyl (C=O) groups is 2. The number of carbonyl (C=O) groups excluding carboxylic acids is 2. The van der Waals surface area contributed by atoms with Crippen LogP contribution in [0.1, 0.15) is 37.0 Å². The minimum absolute atomic E-state index is 0.0360. The molecule has 3 aromatic rings. The first kappa shape index (κ1) is 27.3. The van der Waals surface area contributed by atoms with E-state index in [1.165, 1.54) is 0 Å². The van der Waals surface area contributed by atoms with Crippen molar-refractivity contribution in [3.63, 3.8) is 0 Å².